The number of benzene rings is 1. The van der Waals surface area contributed by atoms with Crippen LogP contribution in [0.3, 0.4) is 0 Å². The van der Waals surface area contributed by atoms with Crippen LogP contribution in [0.25, 0.3) is 0 Å². The molecule has 17 N–H and O–H groups in total. The minimum absolute atomic E-state index is 0.0611. The Kier molecular flexibility index (Phi) is 26.0. The van der Waals surface area contributed by atoms with Gasteiger partial charge in [0.05, 0.1) is 37.4 Å². The van der Waals surface area contributed by atoms with Crippen molar-refractivity contribution in [3.8, 4) is 5.75 Å². The number of hydrogen-bond donors (Lipinski definition) is 15. The number of phenolic OH excluding ortho intramolecular Hbond substituents is 1. The first kappa shape index (κ1) is 64.9. The molecule has 26 heteroatoms. The Morgan fingerprint density at radius 1 is 0.756 bits per heavy atom. The molecule has 0 spiro atoms. The number of carbonyl (C=O) groups is 8. The van der Waals surface area contributed by atoms with Gasteiger partial charge in [-0.3, -0.25) is 38.4 Å². The van der Waals surface area contributed by atoms with Crippen molar-refractivity contribution in [2.45, 2.75) is 203 Å². The lowest BCUT2D eigenvalue weighted by Crippen LogP contribution is -2.64. The summed E-state index contributed by atoms with van der Waals surface area (Å²) >= 11 is 0. The highest BCUT2D eigenvalue weighted by atomic mass is 16.5. The van der Waals surface area contributed by atoms with E-state index < -0.39 is 165 Å². The lowest BCUT2D eigenvalue weighted by atomic mass is 9.91. The Hall–Kier alpha value is -5.58. The molecular weight excluding hydrogens is 1020 g/mol. The number of fused-ring (bicyclic) bond motifs is 2. The third-order valence-corrected chi connectivity index (χ3v) is 14.7. The molecule has 10 unspecified atom stereocenters. The largest absolute Gasteiger partial charge is 0.508 e. The van der Waals surface area contributed by atoms with Crippen LogP contribution < -0.4 is 38.1 Å². The number of aliphatic hydroxyl groups is 7. The first-order valence-corrected chi connectivity index (χ1v) is 27.2. The molecule has 4 rings (SSSR count). The molecular formula is C52H85N9O17. The Morgan fingerprint density at radius 2 is 1.37 bits per heavy atom. The van der Waals surface area contributed by atoms with Gasteiger partial charge in [0.1, 0.15) is 60.3 Å². The van der Waals surface area contributed by atoms with Gasteiger partial charge < -0.3 is 93.4 Å². The van der Waals surface area contributed by atoms with Crippen LogP contribution in [0.1, 0.15) is 129 Å². The minimum atomic E-state index is -2.36. The van der Waals surface area contributed by atoms with Crippen LogP contribution in [-0.2, 0) is 43.1 Å². The van der Waals surface area contributed by atoms with Crippen molar-refractivity contribution in [1.82, 2.24) is 36.4 Å². The summed E-state index contributed by atoms with van der Waals surface area (Å²) < 4.78 is 5.70. The molecule has 3 heterocycles. The maximum absolute atomic E-state index is 14.6. The van der Waals surface area contributed by atoms with Crippen LogP contribution >= 0.6 is 0 Å². The normalized spacial score (nSPS) is 28.4. The van der Waals surface area contributed by atoms with Crippen molar-refractivity contribution in [2.24, 2.45) is 23.3 Å². The third-order valence-electron chi connectivity index (χ3n) is 14.7. The highest BCUT2D eigenvalue weighted by Crippen LogP contribution is 2.27. The SMILES string of the molecule is CCC(C)CC(C)CCCCCCCCC(=O)N[C@H]1C[C@@H](O)C(OCCN)NC(=O)C2[C@@H](O)CCN2C(=O)C([C@H](O)CC(N)=O)NC(=O)C(C(O)C(O)c2ccc(O)cc2)NC(=O)C2C[C@@H](O)CN2C(=O)C([C@@H](C)O)NC1=O. The highest BCUT2D eigenvalue weighted by molar-refractivity contribution is 5.98. The molecule has 0 radical (unpaired) electrons. The molecule has 3 aliphatic rings. The molecule has 0 bridgehead atoms. The molecule has 1 aromatic rings. The topological polar surface area (TPSA) is 426 Å². The summed E-state index contributed by atoms with van der Waals surface area (Å²) in [6.45, 7) is 6.33. The van der Waals surface area contributed by atoms with Gasteiger partial charge in [-0.15, -0.1) is 0 Å². The van der Waals surface area contributed by atoms with E-state index in [1.165, 1.54) is 18.6 Å². The van der Waals surface area contributed by atoms with Crippen molar-refractivity contribution in [3.63, 3.8) is 0 Å². The number of unbranched alkanes of at least 4 members (excludes halogenated alkanes) is 5. The average molecular weight is 1110 g/mol. The second-order valence-electron chi connectivity index (χ2n) is 21.2. The maximum Gasteiger partial charge on any atom is 0.248 e. The molecule has 16 atom stereocenters. The molecule has 0 aromatic heterocycles. The predicted octanol–water partition coefficient (Wildman–Crippen LogP) is -3.36. The van der Waals surface area contributed by atoms with E-state index in [0.29, 0.717) is 24.7 Å². The summed E-state index contributed by atoms with van der Waals surface area (Å²) in [5.74, 6) is -8.30. The van der Waals surface area contributed by atoms with Crippen LogP contribution in [-0.4, -0.2) is 203 Å². The molecule has 8 amide bonds. The number of amides is 8. The predicted molar refractivity (Wildman–Crippen MR) is 278 cm³/mol. The van der Waals surface area contributed by atoms with Gasteiger partial charge >= 0.3 is 0 Å². The first-order valence-electron chi connectivity index (χ1n) is 27.2. The van der Waals surface area contributed by atoms with Crippen LogP contribution in [0, 0.1) is 11.8 Å². The summed E-state index contributed by atoms with van der Waals surface area (Å²) in [5.41, 5.74) is 11.0. The monoisotopic (exact) mass is 1110 g/mol. The van der Waals surface area contributed by atoms with Gasteiger partial charge in [0.25, 0.3) is 0 Å². The molecule has 3 saturated heterocycles. The molecule has 440 valence electrons. The lowest BCUT2D eigenvalue weighted by Gasteiger charge is -2.34. The van der Waals surface area contributed by atoms with Crippen LogP contribution in [0.4, 0.5) is 0 Å². The number of nitrogens with two attached hydrogens (primary N) is 2. The Labute approximate surface area is 454 Å². The van der Waals surface area contributed by atoms with E-state index in [4.69, 9.17) is 16.2 Å². The van der Waals surface area contributed by atoms with Crippen LogP contribution in [0.5, 0.6) is 5.75 Å². The second-order valence-corrected chi connectivity index (χ2v) is 21.2. The molecule has 26 nitrogen and oxygen atoms in total. The van der Waals surface area contributed by atoms with Crippen LogP contribution in [0.15, 0.2) is 24.3 Å². The van der Waals surface area contributed by atoms with E-state index in [-0.39, 0.29) is 37.3 Å². The van der Waals surface area contributed by atoms with Gasteiger partial charge in [0, 0.05) is 38.9 Å². The van der Waals surface area contributed by atoms with E-state index in [9.17, 15) is 79.2 Å². The number of carbonyl (C=O) groups excluding carboxylic acids is 8. The maximum atomic E-state index is 14.6. The zero-order valence-electron chi connectivity index (χ0n) is 45.1. The lowest BCUT2D eigenvalue weighted by molar-refractivity contribution is -0.150. The van der Waals surface area contributed by atoms with Gasteiger partial charge in [0.2, 0.25) is 47.3 Å². The summed E-state index contributed by atoms with van der Waals surface area (Å²) in [4.78, 5) is 114. The molecule has 0 aliphatic carbocycles. The second kappa shape index (κ2) is 31.3. The van der Waals surface area contributed by atoms with Gasteiger partial charge in [-0.25, -0.2) is 0 Å². The highest BCUT2D eigenvalue weighted by Gasteiger charge is 2.49. The average Bonchev–Trinajstić information content (AvgIpc) is 4.01. The zero-order chi connectivity index (χ0) is 58.0. The number of aromatic hydroxyl groups is 1. The third kappa shape index (κ3) is 18.8. The number of nitrogens with one attached hydrogen (secondary N) is 5. The van der Waals surface area contributed by atoms with E-state index in [0.717, 1.165) is 67.4 Å². The van der Waals surface area contributed by atoms with Crippen molar-refractivity contribution in [3.05, 3.63) is 29.8 Å². The van der Waals surface area contributed by atoms with Gasteiger partial charge in [-0.05, 0) is 55.7 Å². The number of ether oxygens (including phenoxy) is 1. The minimum Gasteiger partial charge on any atom is -0.508 e. The van der Waals surface area contributed by atoms with Gasteiger partial charge in [-0.2, -0.15) is 0 Å². The first-order chi connectivity index (χ1) is 36.9. The number of aliphatic hydroxyl groups excluding tert-OH is 7. The van der Waals surface area contributed by atoms with E-state index >= 15 is 0 Å². The standard InChI is InChI=1S/C52H85N9O17/c1-5-27(2)22-28(3)12-10-8-6-7-9-11-13-39(69)55-33-24-37(67)50(78-21-19-53)59-49(75)43-35(65)18-20-60(43)52(77)41(36(66)25-38(54)68)57-48(74)42(45(71)44(70)30-14-16-31(63)17-15-30)58-47(73)34-23-32(64)26-61(34)51(76)40(29(4)62)56-46(33)72/h14-17,27-29,32-37,40-45,50,62-67,70-71H,5-13,18-26,53H2,1-4H3,(H2,54,68)(H,55,69)(H,56,72)(H,57,74)(H,58,73)(H,59,75)/t27?,28?,29-,32-,33+,34?,35+,36-,37-,40?,41?,42?,43?,44?,45?,50?/m1/s1. The van der Waals surface area contributed by atoms with Gasteiger partial charge in [0.15, 0.2) is 6.23 Å². The Balaban J connectivity index is 1.74. The number of hydrogen-bond acceptors (Lipinski definition) is 18. The molecule has 78 heavy (non-hydrogen) atoms. The molecule has 1 aromatic carbocycles. The van der Waals surface area contributed by atoms with E-state index in [1.54, 1.807) is 0 Å². The molecule has 3 aliphatic heterocycles. The smallest absolute Gasteiger partial charge is 0.248 e. The van der Waals surface area contributed by atoms with Crippen molar-refractivity contribution in [2.75, 3.05) is 26.2 Å². The summed E-state index contributed by atoms with van der Waals surface area (Å²) in [6, 6.07) is -7.20. The Morgan fingerprint density at radius 3 is 2.00 bits per heavy atom. The van der Waals surface area contributed by atoms with E-state index in [1.807, 2.05) is 0 Å². The fraction of sp³-hybridized carbons (Fsp3) is 0.731. The fourth-order valence-corrected chi connectivity index (χ4v) is 10.1. The Bertz CT molecular complexity index is 2160. The number of rotatable bonds is 23. The van der Waals surface area contributed by atoms with Crippen molar-refractivity contribution in [1.29, 1.82) is 0 Å². The summed E-state index contributed by atoms with van der Waals surface area (Å²) in [6.07, 6.45) is -9.20. The summed E-state index contributed by atoms with van der Waals surface area (Å²) in [5, 5.41) is 101. The number of phenols is 1. The molecule has 0 saturated carbocycles. The van der Waals surface area contributed by atoms with E-state index in [2.05, 4.69) is 47.4 Å². The van der Waals surface area contributed by atoms with Crippen molar-refractivity contribution >= 4 is 47.3 Å². The number of nitrogens with zero attached hydrogens (tertiary/aromatic N) is 2. The van der Waals surface area contributed by atoms with Crippen molar-refractivity contribution < 1.29 is 83.9 Å². The number of primary amides is 1. The fourth-order valence-electron chi connectivity index (χ4n) is 10.1. The van der Waals surface area contributed by atoms with Crippen LogP contribution in [0.2, 0.25) is 0 Å². The zero-order valence-corrected chi connectivity index (χ0v) is 45.1. The molecule has 3 fully saturated rings. The van der Waals surface area contributed by atoms with Gasteiger partial charge in [-0.1, -0.05) is 77.8 Å². The quantitative estimate of drug-likeness (QED) is 0.0476. The summed E-state index contributed by atoms with van der Waals surface area (Å²) in [7, 11) is 0.